The molecule has 1 atom stereocenters. The fourth-order valence-electron chi connectivity index (χ4n) is 2.71. The molecule has 0 bridgehead atoms. The summed E-state index contributed by atoms with van der Waals surface area (Å²) in [5.74, 6) is -1.10. The van der Waals surface area contributed by atoms with Gasteiger partial charge in [-0.05, 0) is 32.1 Å². The Balaban J connectivity index is 3.15. The minimum absolute atomic E-state index is 0.385. The molecule has 2 N–H and O–H groups in total. The average Bonchev–Trinajstić information content (AvgIpc) is 2.54. The van der Waals surface area contributed by atoms with Gasteiger partial charge in [0.05, 0.1) is 0 Å². The number of rotatable bonds is 17. The van der Waals surface area contributed by atoms with Gasteiger partial charge in [-0.1, -0.05) is 83.3 Å². The van der Waals surface area contributed by atoms with Crippen LogP contribution in [0.1, 0.15) is 103 Å². The van der Waals surface area contributed by atoms with Gasteiger partial charge in [0, 0.05) is 0 Å². The molecule has 0 aromatic carbocycles. The largest absolute Gasteiger partial charge is 0.479 e. The van der Waals surface area contributed by atoms with Gasteiger partial charge in [-0.3, -0.25) is 0 Å². The van der Waals surface area contributed by atoms with E-state index in [2.05, 4.69) is 19.1 Å². The summed E-state index contributed by atoms with van der Waals surface area (Å²) in [6.07, 6.45) is 21.2. The van der Waals surface area contributed by atoms with E-state index >= 15 is 0 Å². The molecule has 0 saturated heterocycles. The van der Waals surface area contributed by atoms with Gasteiger partial charge in [-0.15, -0.1) is 0 Å². The Kier molecular flexibility index (Phi) is 16.9. The van der Waals surface area contributed by atoms with Crippen LogP contribution in [0.3, 0.4) is 0 Å². The van der Waals surface area contributed by atoms with E-state index in [1.54, 1.807) is 0 Å². The number of hydrogen-bond donors (Lipinski definition) is 2. The molecule has 0 spiro atoms. The molecule has 0 aliphatic heterocycles. The van der Waals surface area contributed by atoms with E-state index < -0.39 is 12.1 Å². The van der Waals surface area contributed by atoms with Crippen molar-refractivity contribution in [1.29, 1.82) is 0 Å². The zero-order chi connectivity index (χ0) is 17.2. The van der Waals surface area contributed by atoms with E-state index in [9.17, 15) is 4.79 Å². The highest BCUT2D eigenvalue weighted by molar-refractivity contribution is 5.71. The molecular weight excluding hydrogens is 288 g/mol. The maximum absolute atomic E-state index is 10.4. The molecule has 0 amide bonds. The zero-order valence-electron chi connectivity index (χ0n) is 15.1. The van der Waals surface area contributed by atoms with E-state index in [0.29, 0.717) is 6.42 Å². The number of carboxylic acid groups (broad SMARTS) is 1. The lowest BCUT2D eigenvalue weighted by atomic mass is 10.1. The first-order valence-corrected chi connectivity index (χ1v) is 9.74. The predicted molar refractivity (Wildman–Crippen MR) is 97.7 cm³/mol. The summed E-state index contributed by atoms with van der Waals surface area (Å²) < 4.78 is 0. The lowest BCUT2D eigenvalue weighted by molar-refractivity contribution is -0.146. The van der Waals surface area contributed by atoms with Crippen LogP contribution in [0.4, 0.5) is 0 Å². The summed E-state index contributed by atoms with van der Waals surface area (Å²) in [5, 5.41) is 17.7. The minimum atomic E-state index is -1.17. The summed E-state index contributed by atoms with van der Waals surface area (Å²) >= 11 is 0. The van der Waals surface area contributed by atoms with E-state index in [1.165, 1.54) is 70.6 Å². The van der Waals surface area contributed by atoms with Gasteiger partial charge in [0.1, 0.15) is 0 Å². The molecule has 0 fully saturated rings. The van der Waals surface area contributed by atoms with Crippen LogP contribution in [0.25, 0.3) is 0 Å². The van der Waals surface area contributed by atoms with Crippen molar-refractivity contribution in [3.05, 3.63) is 12.2 Å². The normalized spacial score (nSPS) is 12.8. The zero-order valence-corrected chi connectivity index (χ0v) is 15.1. The first-order chi connectivity index (χ1) is 11.2. The van der Waals surface area contributed by atoms with Crippen LogP contribution in [0.5, 0.6) is 0 Å². The second-order valence-electron chi connectivity index (χ2n) is 6.58. The van der Waals surface area contributed by atoms with E-state index in [4.69, 9.17) is 10.2 Å². The minimum Gasteiger partial charge on any atom is -0.479 e. The first-order valence-electron chi connectivity index (χ1n) is 9.74. The number of aliphatic carboxylic acids is 1. The number of hydrogen-bond acceptors (Lipinski definition) is 2. The molecule has 1 unspecified atom stereocenters. The molecule has 3 nitrogen and oxygen atoms in total. The molecule has 0 radical (unpaired) electrons. The van der Waals surface area contributed by atoms with Crippen LogP contribution in [-0.4, -0.2) is 22.3 Å². The standard InChI is InChI=1S/C20H38O3/c1-2-3-4-5-6-7-8-9-10-11-12-13-14-15-16-17-18-19(21)20(22)23/h9-10,19,21H,2-8,11-18H2,1H3,(H,22,23). The van der Waals surface area contributed by atoms with Crippen molar-refractivity contribution in [1.82, 2.24) is 0 Å². The number of unbranched alkanes of at least 4 members (excludes halogenated alkanes) is 12. The molecule has 0 rings (SSSR count). The second kappa shape index (κ2) is 17.5. The van der Waals surface area contributed by atoms with Gasteiger partial charge >= 0.3 is 5.97 Å². The molecule has 0 saturated carbocycles. The third-order valence-electron chi connectivity index (χ3n) is 4.27. The fourth-order valence-corrected chi connectivity index (χ4v) is 2.71. The van der Waals surface area contributed by atoms with Crippen molar-refractivity contribution in [2.75, 3.05) is 0 Å². The Morgan fingerprint density at radius 1 is 0.783 bits per heavy atom. The maximum Gasteiger partial charge on any atom is 0.332 e. The molecule has 3 heteroatoms. The van der Waals surface area contributed by atoms with Gasteiger partial charge in [0.15, 0.2) is 6.10 Å². The Hall–Kier alpha value is -0.830. The van der Waals surface area contributed by atoms with Gasteiger partial charge in [-0.2, -0.15) is 0 Å². The van der Waals surface area contributed by atoms with Crippen molar-refractivity contribution in [3.8, 4) is 0 Å². The molecule has 0 aliphatic rings. The SMILES string of the molecule is CCCCCCCCC=CCCCCCCCCC(O)C(=O)O. The van der Waals surface area contributed by atoms with Gasteiger partial charge < -0.3 is 10.2 Å². The van der Waals surface area contributed by atoms with Crippen LogP contribution in [-0.2, 0) is 4.79 Å². The Bertz CT molecular complexity index is 287. The number of aliphatic hydroxyl groups is 1. The highest BCUT2D eigenvalue weighted by atomic mass is 16.4. The first kappa shape index (κ1) is 22.2. The lowest BCUT2D eigenvalue weighted by Gasteiger charge is -2.04. The van der Waals surface area contributed by atoms with Gasteiger partial charge in [-0.25, -0.2) is 4.79 Å². The molecule has 136 valence electrons. The summed E-state index contributed by atoms with van der Waals surface area (Å²) in [6, 6.07) is 0. The summed E-state index contributed by atoms with van der Waals surface area (Å²) in [4.78, 5) is 10.4. The van der Waals surface area contributed by atoms with Crippen LogP contribution in [0.2, 0.25) is 0 Å². The second-order valence-corrected chi connectivity index (χ2v) is 6.58. The Morgan fingerprint density at radius 3 is 1.70 bits per heavy atom. The average molecular weight is 327 g/mol. The molecule has 23 heavy (non-hydrogen) atoms. The van der Waals surface area contributed by atoms with Crippen LogP contribution >= 0.6 is 0 Å². The van der Waals surface area contributed by atoms with Crippen molar-refractivity contribution >= 4 is 5.97 Å². The van der Waals surface area contributed by atoms with Gasteiger partial charge in [0.2, 0.25) is 0 Å². The summed E-state index contributed by atoms with van der Waals surface area (Å²) in [5.41, 5.74) is 0. The molecule has 0 aromatic rings. The summed E-state index contributed by atoms with van der Waals surface area (Å²) in [6.45, 7) is 2.26. The van der Waals surface area contributed by atoms with Crippen LogP contribution in [0.15, 0.2) is 12.2 Å². The third-order valence-corrected chi connectivity index (χ3v) is 4.27. The lowest BCUT2D eigenvalue weighted by Crippen LogP contribution is -2.18. The summed E-state index contributed by atoms with van der Waals surface area (Å²) in [7, 11) is 0. The molecule has 0 aromatic heterocycles. The van der Waals surface area contributed by atoms with E-state index in [1.807, 2.05) is 0 Å². The highest BCUT2D eigenvalue weighted by Gasteiger charge is 2.11. The Morgan fingerprint density at radius 2 is 1.22 bits per heavy atom. The van der Waals surface area contributed by atoms with Crippen molar-refractivity contribution < 1.29 is 15.0 Å². The molecule has 0 heterocycles. The van der Waals surface area contributed by atoms with Crippen LogP contribution < -0.4 is 0 Å². The highest BCUT2D eigenvalue weighted by Crippen LogP contribution is 2.11. The monoisotopic (exact) mass is 326 g/mol. The molecule has 0 aliphatic carbocycles. The number of carboxylic acids is 1. The van der Waals surface area contributed by atoms with Gasteiger partial charge in [0.25, 0.3) is 0 Å². The van der Waals surface area contributed by atoms with E-state index in [-0.39, 0.29) is 0 Å². The van der Waals surface area contributed by atoms with Crippen molar-refractivity contribution in [2.45, 2.75) is 109 Å². The quantitative estimate of drug-likeness (QED) is 0.260. The maximum atomic E-state index is 10.4. The molecular formula is C20H38O3. The van der Waals surface area contributed by atoms with E-state index in [0.717, 1.165) is 19.3 Å². The van der Waals surface area contributed by atoms with Crippen molar-refractivity contribution in [3.63, 3.8) is 0 Å². The van der Waals surface area contributed by atoms with Crippen LogP contribution in [0, 0.1) is 0 Å². The third kappa shape index (κ3) is 17.4. The smallest absolute Gasteiger partial charge is 0.332 e. The fraction of sp³-hybridized carbons (Fsp3) is 0.850. The number of aliphatic hydroxyl groups excluding tert-OH is 1. The number of carbonyl (C=O) groups is 1. The van der Waals surface area contributed by atoms with Crippen molar-refractivity contribution in [2.24, 2.45) is 0 Å². The topological polar surface area (TPSA) is 57.5 Å². The number of allylic oxidation sites excluding steroid dienone is 2. The Labute approximate surface area is 143 Å². The predicted octanol–water partition coefficient (Wildman–Crippen LogP) is 5.86.